The fourth-order valence-corrected chi connectivity index (χ4v) is 3.00. The average Bonchev–Trinajstić information content (AvgIpc) is 2.77. The van der Waals surface area contributed by atoms with E-state index in [1.54, 1.807) is 6.92 Å². The van der Waals surface area contributed by atoms with Crippen LogP contribution in [0.2, 0.25) is 0 Å². The molecule has 1 heterocycles. The van der Waals surface area contributed by atoms with Crippen molar-refractivity contribution in [3.05, 3.63) is 54.1 Å². The molecule has 0 aliphatic heterocycles. The highest BCUT2D eigenvalue weighted by atomic mass is 19.4. The first-order valence-electron chi connectivity index (χ1n) is 10.0. The first-order chi connectivity index (χ1) is 16.4. The zero-order valence-electron chi connectivity index (χ0n) is 18.3. The van der Waals surface area contributed by atoms with Gasteiger partial charge in [-0.25, -0.2) is 4.98 Å². The number of anilines is 3. The molecular formula is C22H20F6N4O3. The number of nitrogens with zero attached hydrogens (tertiary/aromatic N) is 2. The minimum Gasteiger partial charge on any atom is -0.496 e. The molecule has 0 aliphatic rings. The van der Waals surface area contributed by atoms with Crippen molar-refractivity contribution in [3.63, 3.8) is 0 Å². The van der Waals surface area contributed by atoms with E-state index < -0.39 is 29.9 Å². The van der Waals surface area contributed by atoms with Gasteiger partial charge in [-0.1, -0.05) is 12.1 Å². The highest BCUT2D eigenvalue weighted by Gasteiger charge is 2.34. The van der Waals surface area contributed by atoms with Gasteiger partial charge in [-0.05, 0) is 37.3 Å². The predicted octanol–water partition coefficient (Wildman–Crippen LogP) is 5.61. The fourth-order valence-electron chi connectivity index (χ4n) is 3.00. The Morgan fingerprint density at radius 1 is 1.00 bits per heavy atom. The Balaban J connectivity index is 2.02. The van der Waals surface area contributed by atoms with E-state index in [2.05, 4.69) is 25.3 Å². The number of methoxy groups -OCH3 is 1. The summed E-state index contributed by atoms with van der Waals surface area (Å²) in [5, 5.41) is 14.9. The van der Waals surface area contributed by atoms with Crippen molar-refractivity contribution in [2.45, 2.75) is 25.5 Å². The van der Waals surface area contributed by atoms with Crippen LogP contribution in [0.4, 0.5) is 43.8 Å². The number of rotatable bonds is 8. The van der Waals surface area contributed by atoms with Crippen molar-refractivity contribution in [2.24, 2.45) is 0 Å². The monoisotopic (exact) mass is 502 g/mol. The smallest absolute Gasteiger partial charge is 0.496 e. The molecule has 1 aromatic heterocycles. The zero-order chi connectivity index (χ0) is 25.8. The summed E-state index contributed by atoms with van der Waals surface area (Å²) in [7, 11) is 1.12. The van der Waals surface area contributed by atoms with E-state index >= 15 is 0 Å². The number of alkyl halides is 6. The molecule has 188 valence electrons. The van der Waals surface area contributed by atoms with Crippen LogP contribution in [0, 0.1) is 0 Å². The summed E-state index contributed by atoms with van der Waals surface area (Å²) in [5.41, 5.74) is -0.614. The van der Waals surface area contributed by atoms with Crippen molar-refractivity contribution >= 4 is 17.5 Å². The van der Waals surface area contributed by atoms with Crippen LogP contribution in [-0.2, 0) is 6.18 Å². The maximum absolute atomic E-state index is 13.4. The van der Waals surface area contributed by atoms with Gasteiger partial charge >= 0.3 is 12.5 Å². The lowest BCUT2D eigenvalue weighted by Crippen LogP contribution is -2.21. The molecule has 0 bridgehead atoms. The lowest BCUT2D eigenvalue weighted by molar-refractivity contribution is -0.274. The fraction of sp³-hybridized carbons (Fsp3) is 0.273. The van der Waals surface area contributed by atoms with Gasteiger partial charge in [0.1, 0.15) is 17.3 Å². The van der Waals surface area contributed by atoms with E-state index in [1.165, 1.54) is 24.3 Å². The van der Waals surface area contributed by atoms with Gasteiger partial charge in [0.25, 0.3) is 0 Å². The molecule has 13 heteroatoms. The zero-order valence-corrected chi connectivity index (χ0v) is 18.3. The van der Waals surface area contributed by atoms with Crippen molar-refractivity contribution in [1.82, 2.24) is 9.97 Å². The molecule has 3 rings (SSSR count). The number of benzene rings is 2. The van der Waals surface area contributed by atoms with Crippen LogP contribution in [0.5, 0.6) is 11.5 Å². The van der Waals surface area contributed by atoms with Gasteiger partial charge in [0, 0.05) is 23.4 Å². The molecule has 0 aliphatic carbocycles. The lowest BCUT2D eigenvalue weighted by Gasteiger charge is -2.16. The normalized spacial score (nSPS) is 12.7. The van der Waals surface area contributed by atoms with Gasteiger partial charge in [-0.2, -0.15) is 18.2 Å². The Labute approximate surface area is 195 Å². The summed E-state index contributed by atoms with van der Waals surface area (Å²) in [6.07, 6.45) is -9.58. The maximum Gasteiger partial charge on any atom is 0.573 e. The van der Waals surface area contributed by atoms with E-state index in [0.717, 1.165) is 31.4 Å². The summed E-state index contributed by atoms with van der Waals surface area (Å²) in [6, 6.07) is 9.19. The number of ether oxygens (including phenoxy) is 2. The molecule has 0 fully saturated rings. The largest absolute Gasteiger partial charge is 0.573 e. The topological polar surface area (TPSA) is 88.5 Å². The average molecular weight is 502 g/mol. The quantitative estimate of drug-likeness (QED) is 0.345. The predicted molar refractivity (Wildman–Crippen MR) is 116 cm³/mol. The van der Waals surface area contributed by atoms with Crippen LogP contribution in [-0.4, -0.2) is 41.2 Å². The lowest BCUT2D eigenvalue weighted by atomic mass is 10.1. The maximum atomic E-state index is 13.4. The molecule has 35 heavy (non-hydrogen) atoms. The van der Waals surface area contributed by atoms with Crippen LogP contribution >= 0.6 is 0 Å². The van der Waals surface area contributed by atoms with Crippen LogP contribution < -0.4 is 20.1 Å². The molecule has 3 N–H and O–H groups in total. The Kier molecular flexibility index (Phi) is 7.58. The molecule has 1 atom stereocenters. The minimum absolute atomic E-state index is 0.0155. The summed E-state index contributed by atoms with van der Waals surface area (Å²) in [5.74, 6) is -0.820. The second kappa shape index (κ2) is 10.3. The first kappa shape index (κ1) is 25.9. The highest BCUT2D eigenvalue weighted by molar-refractivity contribution is 5.69. The molecule has 0 unspecified atom stereocenters. The van der Waals surface area contributed by atoms with Gasteiger partial charge in [0.15, 0.2) is 0 Å². The van der Waals surface area contributed by atoms with Crippen LogP contribution in [0.3, 0.4) is 0 Å². The van der Waals surface area contributed by atoms with Crippen LogP contribution in [0.1, 0.15) is 12.5 Å². The summed E-state index contributed by atoms with van der Waals surface area (Å²) in [6.45, 7) is 1.35. The second-order valence-electron chi connectivity index (χ2n) is 7.30. The van der Waals surface area contributed by atoms with Crippen molar-refractivity contribution in [1.29, 1.82) is 0 Å². The highest BCUT2D eigenvalue weighted by Crippen LogP contribution is 2.38. The van der Waals surface area contributed by atoms with Gasteiger partial charge < -0.3 is 25.2 Å². The van der Waals surface area contributed by atoms with E-state index in [4.69, 9.17) is 4.74 Å². The number of hydrogen-bond donors (Lipinski definition) is 3. The van der Waals surface area contributed by atoms with E-state index in [0.29, 0.717) is 0 Å². The van der Waals surface area contributed by atoms with Gasteiger partial charge in [-0.15, -0.1) is 13.2 Å². The standard InChI is InChI=1S/C22H20F6N4O3/c1-12(11-33)29-20-31-17(13-4-3-5-15(8-13)35-22(26,27)28)10-19(32-20)30-14-6-7-18(34-2)16(9-14)21(23,24)25/h3-10,12,33H,11H2,1-2H3,(H2,29,30,31,32)/t12-/m1/s1. The van der Waals surface area contributed by atoms with E-state index in [-0.39, 0.29) is 41.1 Å². The number of aromatic nitrogens is 2. The Morgan fingerprint density at radius 3 is 2.37 bits per heavy atom. The molecule has 0 spiro atoms. The SMILES string of the molecule is COc1ccc(Nc2cc(-c3cccc(OC(F)(F)F)c3)nc(N[C@H](C)CO)n2)cc1C(F)(F)F. The third kappa shape index (κ3) is 7.12. The second-order valence-corrected chi connectivity index (χ2v) is 7.30. The third-order valence-corrected chi connectivity index (χ3v) is 4.52. The number of nitrogens with one attached hydrogen (secondary N) is 2. The molecule has 3 aromatic rings. The Hall–Kier alpha value is -3.74. The number of hydrogen-bond acceptors (Lipinski definition) is 7. The Morgan fingerprint density at radius 2 is 1.74 bits per heavy atom. The minimum atomic E-state index is -4.90. The van der Waals surface area contributed by atoms with Crippen molar-refractivity contribution in [3.8, 4) is 22.8 Å². The van der Waals surface area contributed by atoms with Gasteiger partial charge in [0.05, 0.1) is 25.0 Å². The van der Waals surface area contributed by atoms with Crippen molar-refractivity contribution in [2.75, 3.05) is 24.4 Å². The number of aliphatic hydroxyl groups excluding tert-OH is 1. The molecule has 0 radical (unpaired) electrons. The Bertz CT molecular complexity index is 1170. The number of halogens is 6. The molecule has 0 saturated heterocycles. The van der Waals surface area contributed by atoms with E-state index in [9.17, 15) is 31.4 Å². The molecule has 0 saturated carbocycles. The van der Waals surface area contributed by atoms with Gasteiger partial charge in [0.2, 0.25) is 5.95 Å². The molecule has 0 amide bonds. The number of aliphatic hydroxyl groups is 1. The van der Waals surface area contributed by atoms with Gasteiger partial charge in [-0.3, -0.25) is 0 Å². The van der Waals surface area contributed by atoms with Crippen LogP contribution in [0.25, 0.3) is 11.3 Å². The van der Waals surface area contributed by atoms with Crippen LogP contribution in [0.15, 0.2) is 48.5 Å². The molecular weight excluding hydrogens is 482 g/mol. The summed E-state index contributed by atoms with van der Waals surface area (Å²) >= 11 is 0. The molecule has 7 nitrogen and oxygen atoms in total. The molecule has 2 aromatic carbocycles. The third-order valence-electron chi connectivity index (χ3n) is 4.52. The summed E-state index contributed by atoms with van der Waals surface area (Å²) in [4.78, 5) is 8.44. The van der Waals surface area contributed by atoms with Crippen molar-refractivity contribution < 1.29 is 40.9 Å². The summed E-state index contributed by atoms with van der Waals surface area (Å²) < 4.78 is 86.7. The first-order valence-corrected chi connectivity index (χ1v) is 10.0. The van der Waals surface area contributed by atoms with E-state index in [1.807, 2.05) is 0 Å².